The summed E-state index contributed by atoms with van der Waals surface area (Å²) in [4.78, 5) is 3.73. The molecule has 2 atom stereocenters. The number of aliphatic hydroxyl groups is 1. The Kier molecular flexibility index (Phi) is 3.74. The van der Waals surface area contributed by atoms with Crippen LogP contribution in [-0.4, -0.2) is 42.0 Å². The molecule has 8 heteroatoms. The molecule has 0 aliphatic carbocycles. The van der Waals surface area contributed by atoms with E-state index in [2.05, 4.69) is 4.98 Å². The second kappa shape index (κ2) is 4.81. The number of aromatic nitrogens is 1. The molecule has 1 N–H and O–H groups in total. The Bertz CT molecular complexity index is 502. The van der Waals surface area contributed by atoms with E-state index in [9.17, 15) is 13.5 Å². The Hall–Kier alpha value is -0.210. The Labute approximate surface area is 109 Å². The molecular formula is C9H13ClN2O3S2. The van der Waals surface area contributed by atoms with Gasteiger partial charge >= 0.3 is 0 Å². The van der Waals surface area contributed by atoms with Crippen molar-refractivity contribution in [1.29, 1.82) is 0 Å². The first-order valence-corrected chi connectivity index (χ1v) is 7.84. The average molecular weight is 297 g/mol. The highest BCUT2D eigenvalue weighted by Gasteiger charge is 2.33. The first-order chi connectivity index (χ1) is 7.91. The molecule has 0 saturated carbocycles. The predicted molar refractivity (Wildman–Crippen MR) is 65.7 cm³/mol. The summed E-state index contributed by atoms with van der Waals surface area (Å²) in [5.41, 5.74) is 0. The Morgan fingerprint density at radius 2 is 2.35 bits per heavy atom. The first kappa shape index (κ1) is 13.2. The highest BCUT2D eigenvalue weighted by Crippen LogP contribution is 2.28. The Morgan fingerprint density at radius 1 is 1.65 bits per heavy atom. The van der Waals surface area contributed by atoms with Crippen molar-refractivity contribution in [2.45, 2.75) is 23.7 Å². The lowest BCUT2D eigenvalue weighted by Crippen LogP contribution is -2.45. The van der Waals surface area contributed by atoms with Gasteiger partial charge in [-0.25, -0.2) is 13.4 Å². The van der Waals surface area contributed by atoms with Gasteiger partial charge in [0.25, 0.3) is 10.0 Å². The van der Waals surface area contributed by atoms with Gasteiger partial charge in [0.05, 0.1) is 12.3 Å². The number of nitrogens with zero attached hydrogens (tertiary/aromatic N) is 2. The molecule has 1 saturated heterocycles. The van der Waals surface area contributed by atoms with Gasteiger partial charge in [-0.05, 0) is 12.3 Å². The molecule has 1 aliphatic rings. The quantitative estimate of drug-likeness (QED) is 0.890. The molecule has 96 valence electrons. The maximum absolute atomic E-state index is 12.2. The van der Waals surface area contributed by atoms with Crippen molar-refractivity contribution in [3.05, 3.63) is 10.7 Å². The summed E-state index contributed by atoms with van der Waals surface area (Å²) in [5.74, 6) is 0.131. The largest absolute Gasteiger partial charge is 0.391 e. The van der Waals surface area contributed by atoms with Crippen LogP contribution in [-0.2, 0) is 10.0 Å². The molecular weight excluding hydrogens is 284 g/mol. The number of hydrogen-bond acceptors (Lipinski definition) is 5. The van der Waals surface area contributed by atoms with Gasteiger partial charge in [0.2, 0.25) is 0 Å². The summed E-state index contributed by atoms with van der Waals surface area (Å²) in [5, 5.41) is 9.72. The maximum Gasteiger partial charge on any atom is 0.254 e. The van der Waals surface area contributed by atoms with E-state index in [4.69, 9.17) is 11.6 Å². The second-order valence-corrected chi connectivity index (χ2v) is 7.91. The summed E-state index contributed by atoms with van der Waals surface area (Å²) in [6.07, 6.45) is 1.31. The molecule has 1 aromatic heterocycles. The van der Waals surface area contributed by atoms with Crippen LogP contribution in [0.3, 0.4) is 0 Å². The van der Waals surface area contributed by atoms with Gasteiger partial charge in [0.1, 0.15) is 0 Å². The van der Waals surface area contributed by atoms with Crippen molar-refractivity contribution in [3.8, 4) is 0 Å². The fraction of sp³-hybridized carbons (Fsp3) is 0.667. The van der Waals surface area contributed by atoms with Crippen LogP contribution < -0.4 is 0 Å². The topological polar surface area (TPSA) is 70.5 Å². The zero-order chi connectivity index (χ0) is 12.6. The van der Waals surface area contributed by atoms with Gasteiger partial charge in [-0.3, -0.25) is 0 Å². The monoisotopic (exact) mass is 296 g/mol. The molecule has 2 unspecified atom stereocenters. The van der Waals surface area contributed by atoms with Crippen molar-refractivity contribution in [2.24, 2.45) is 5.92 Å². The SMILES string of the molecule is CC1CCN(S(=O)(=O)c2cnc(Cl)s2)CC1O. The number of halogens is 1. The zero-order valence-electron chi connectivity index (χ0n) is 9.21. The fourth-order valence-corrected chi connectivity index (χ4v) is 4.65. The third-order valence-corrected chi connectivity index (χ3v) is 6.35. The molecule has 17 heavy (non-hydrogen) atoms. The third kappa shape index (κ3) is 2.63. The molecule has 2 rings (SSSR count). The van der Waals surface area contributed by atoms with Crippen LogP contribution >= 0.6 is 22.9 Å². The number of thiazole rings is 1. The number of aliphatic hydroxyl groups excluding tert-OH is 1. The van der Waals surface area contributed by atoms with Crippen LogP contribution in [0.4, 0.5) is 0 Å². The molecule has 0 radical (unpaired) electrons. The minimum absolute atomic E-state index is 0.129. The number of β-amino-alcohol motifs (C(OH)–C–C–N with tert-alkyl or cyclic N) is 1. The minimum Gasteiger partial charge on any atom is -0.391 e. The first-order valence-electron chi connectivity index (χ1n) is 5.21. The molecule has 0 spiro atoms. The molecule has 0 bridgehead atoms. The molecule has 1 aromatic rings. The van der Waals surface area contributed by atoms with Gasteiger partial charge in [0, 0.05) is 13.1 Å². The molecule has 5 nitrogen and oxygen atoms in total. The van der Waals surface area contributed by atoms with Crippen LogP contribution in [0.1, 0.15) is 13.3 Å². The van der Waals surface area contributed by atoms with Crippen molar-refractivity contribution in [1.82, 2.24) is 9.29 Å². The number of rotatable bonds is 2. The third-order valence-electron chi connectivity index (χ3n) is 2.93. The van der Waals surface area contributed by atoms with Gasteiger partial charge in [-0.1, -0.05) is 29.9 Å². The van der Waals surface area contributed by atoms with Crippen molar-refractivity contribution in [2.75, 3.05) is 13.1 Å². The van der Waals surface area contributed by atoms with Crippen LogP contribution in [0.25, 0.3) is 0 Å². The van der Waals surface area contributed by atoms with Gasteiger partial charge in [-0.2, -0.15) is 4.31 Å². The smallest absolute Gasteiger partial charge is 0.254 e. The Morgan fingerprint density at radius 3 is 2.88 bits per heavy atom. The molecule has 1 fully saturated rings. The minimum atomic E-state index is -3.55. The summed E-state index contributed by atoms with van der Waals surface area (Å²) >= 11 is 6.57. The van der Waals surface area contributed by atoms with Crippen molar-refractivity contribution < 1.29 is 13.5 Å². The zero-order valence-corrected chi connectivity index (χ0v) is 11.6. The van der Waals surface area contributed by atoms with Gasteiger partial charge in [-0.15, -0.1) is 0 Å². The fourth-order valence-electron chi connectivity index (χ4n) is 1.72. The van der Waals surface area contributed by atoms with E-state index in [1.807, 2.05) is 6.92 Å². The molecule has 0 amide bonds. The summed E-state index contributed by atoms with van der Waals surface area (Å²) in [6.45, 7) is 2.48. The lowest BCUT2D eigenvalue weighted by Gasteiger charge is -2.32. The molecule has 1 aliphatic heterocycles. The molecule has 2 heterocycles. The second-order valence-electron chi connectivity index (χ2n) is 4.13. The number of hydrogen-bond donors (Lipinski definition) is 1. The van der Waals surface area contributed by atoms with E-state index in [-0.39, 0.29) is 21.1 Å². The lowest BCUT2D eigenvalue weighted by atomic mass is 9.98. The lowest BCUT2D eigenvalue weighted by molar-refractivity contribution is 0.0606. The number of sulfonamides is 1. The summed E-state index contributed by atoms with van der Waals surface area (Å²) in [7, 11) is -3.55. The average Bonchev–Trinajstić information content (AvgIpc) is 2.69. The van der Waals surface area contributed by atoms with E-state index in [0.29, 0.717) is 13.0 Å². The maximum atomic E-state index is 12.2. The highest BCUT2D eigenvalue weighted by molar-refractivity contribution is 7.91. The van der Waals surface area contributed by atoms with Crippen LogP contribution in [0.2, 0.25) is 4.47 Å². The molecule has 0 aromatic carbocycles. The van der Waals surface area contributed by atoms with E-state index >= 15 is 0 Å². The van der Waals surface area contributed by atoms with E-state index in [0.717, 1.165) is 11.3 Å². The van der Waals surface area contributed by atoms with Gasteiger partial charge in [0.15, 0.2) is 8.68 Å². The van der Waals surface area contributed by atoms with E-state index in [1.165, 1.54) is 10.5 Å². The normalized spacial score (nSPS) is 27.2. The van der Waals surface area contributed by atoms with Crippen LogP contribution in [0, 0.1) is 5.92 Å². The summed E-state index contributed by atoms with van der Waals surface area (Å²) < 4.78 is 26.0. The van der Waals surface area contributed by atoms with Crippen molar-refractivity contribution >= 4 is 33.0 Å². The van der Waals surface area contributed by atoms with E-state index < -0.39 is 16.1 Å². The van der Waals surface area contributed by atoms with Crippen LogP contribution in [0.5, 0.6) is 0 Å². The predicted octanol–water partition coefficient (Wildman–Crippen LogP) is 1.19. The van der Waals surface area contributed by atoms with Crippen molar-refractivity contribution in [3.63, 3.8) is 0 Å². The standard InChI is InChI=1S/C9H13ClN2O3S2/c1-6-2-3-12(5-7(6)13)17(14,15)8-4-11-9(10)16-8/h4,6-7,13H,2-3,5H2,1H3. The Balaban J connectivity index is 2.22. The van der Waals surface area contributed by atoms with Gasteiger partial charge < -0.3 is 5.11 Å². The highest BCUT2D eigenvalue weighted by atomic mass is 35.5. The summed E-state index contributed by atoms with van der Waals surface area (Å²) in [6, 6.07) is 0. The van der Waals surface area contributed by atoms with E-state index in [1.54, 1.807) is 0 Å². The number of piperidine rings is 1. The van der Waals surface area contributed by atoms with Crippen LogP contribution in [0.15, 0.2) is 10.4 Å².